The lowest BCUT2D eigenvalue weighted by molar-refractivity contribution is -0.134. The molecule has 1 aliphatic rings. The van der Waals surface area contributed by atoms with Gasteiger partial charge < -0.3 is 5.32 Å². The fraction of sp³-hybridized carbons (Fsp3) is 0.538. The van der Waals surface area contributed by atoms with E-state index in [1.807, 2.05) is 6.07 Å². The number of halogens is 3. The van der Waals surface area contributed by atoms with E-state index in [2.05, 4.69) is 10.0 Å². The van der Waals surface area contributed by atoms with Crippen molar-refractivity contribution >= 4 is 15.7 Å². The van der Waals surface area contributed by atoms with Gasteiger partial charge >= 0.3 is 6.18 Å². The van der Waals surface area contributed by atoms with E-state index in [0.717, 1.165) is 17.7 Å². The highest BCUT2D eigenvalue weighted by Crippen LogP contribution is 2.25. The Morgan fingerprint density at radius 2 is 2.05 bits per heavy atom. The third-order valence-electron chi connectivity index (χ3n) is 3.28. The summed E-state index contributed by atoms with van der Waals surface area (Å²) in [5.74, 6) is -0.533. The Morgan fingerprint density at radius 1 is 1.29 bits per heavy atom. The number of anilines is 1. The summed E-state index contributed by atoms with van der Waals surface area (Å²) in [4.78, 5) is 0. The van der Waals surface area contributed by atoms with Gasteiger partial charge in [0.1, 0.15) is 0 Å². The summed E-state index contributed by atoms with van der Waals surface area (Å²) in [6.45, 7) is 1.42. The van der Waals surface area contributed by atoms with Gasteiger partial charge in [-0.1, -0.05) is 12.1 Å². The zero-order valence-corrected chi connectivity index (χ0v) is 12.1. The Kier molecular flexibility index (Phi) is 4.77. The molecule has 2 N–H and O–H groups in total. The number of hydrogen-bond acceptors (Lipinski definition) is 3. The van der Waals surface area contributed by atoms with Crippen molar-refractivity contribution in [2.75, 3.05) is 17.0 Å². The molecule has 1 aromatic carbocycles. The Bertz CT molecular complexity index is 600. The number of benzene rings is 1. The average Bonchev–Trinajstić information content (AvgIpc) is 2.37. The highest BCUT2D eigenvalue weighted by atomic mass is 32.2. The molecule has 118 valence electrons. The van der Waals surface area contributed by atoms with Crippen LogP contribution in [0.2, 0.25) is 0 Å². The lowest BCUT2D eigenvalue weighted by atomic mass is 9.99. The first-order valence-corrected chi connectivity index (χ1v) is 8.31. The molecule has 0 aliphatic carbocycles. The van der Waals surface area contributed by atoms with Crippen molar-refractivity contribution in [3.05, 3.63) is 29.3 Å². The zero-order chi connectivity index (χ0) is 15.5. The van der Waals surface area contributed by atoms with Crippen LogP contribution in [0.1, 0.15) is 24.0 Å². The van der Waals surface area contributed by atoms with E-state index >= 15 is 0 Å². The van der Waals surface area contributed by atoms with E-state index in [9.17, 15) is 21.6 Å². The van der Waals surface area contributed by atoms with Gasteiger partial charge in [-0.05, 0) is 36.6 Å². The van der Waals surface area contributed by atoms with Crippen LogP contribution in [-0.4, -0.2) is 26.9 Å². The van der Waals surface area contributed by atoms with Crippen LogP contribution < -0.4 is 10.0 Å². The molecule has 0 bridgehead atoms. The van der Waals surface area contributed by atoms with E-state index in [0.29, 0.717) is 18.7 Å². The van der Waals surface area contributed by atoms with E-state index in [1.54, 1.807) is 12.1 Å². The van der Waals surface area contributed by atoms with Crippen LogP contribution in [0.3, 0.4) is 0 Å². The monoisotopic (exact) mass is 322 g/mol. The summed E-state index contributed by atoms with van der Waals surface area (Å²) in [5, 5.41) is 3.18. The van der Waals surface area contributed by atoms with Crippen LogP contribution >= 0.6 is 0 Å². The lowest BCUT2D eigenvalue weighted by Crippen LogP contribution is -2.26. The van der Waals surface area contributed by atoms with E-state index < -0.39 is 34.8 Å². The van der Waals surface area contributed by atoms with E-state index in [1.165, 1.54) is 0 Å². The molecule has 1 heterocycles. The molecule has 0 unspecified atom stereocenters. The van der Waals surface area contributed by atoms with Crippen molar-refractivity contribution in [3.8, 4) is 0 Å². The van der Waals surface area contributed by atoms with Crippen molar-refractivity contribution in [1.29, 1.82) is 0 Å². The summed E-state index contributed by atoms with van der Waals surface area (Å²) in [7, 11) is -3.76. The Morgan fingerprint density at radius 3 is 2.76 bits per heavy atom. The molecule has 0 atom stereocenters. The predicted octanol–water partition coefficient (Wildman–Crippen LogP) is 2.42. The van der Waals surface area contributed by atoms with Gasteiger partial charge in [-0.25, -0.2) is 8.42 Å². The van der Waals surface area contributed by atoms with Crippen molar-refractivity contribution < 1.29 is 21.6 Å². The SMILES string of the molecule is O=S(=O)(CCCC(F)(F)F)Nc1cccc2c1CCNC2. The van der Waals surface area contributed by atoms with Crippen molar-refractivity contribution in [2.45, 2.75) is 32.0 Å². The molecule has 0 amide bonds. The molecule has 21 heavy (non-hydrogen) atoms. The average molecular weight is 322 g/mol. The molecule has 0 spiro atoms. The second kappa shape index (κ2) is 6.23. The Hall–Kier alpha value is -1.28. The molecule has 0 fully saturated rings. The van der Waals surface area contributed by atoms with E-state index in [-0.39, 0.29) is 0 Å². The summed E-state index contributed by atoms with van der Waals surface area (Å²) in [6.07, 6.45) is -5.16. The van der Waals surface area contributed by atoms with Crippen LogP contribution in [0.5, 0.6) is 0 Å². The van der Waals surface area contributed by atoms with Crippen LogP contribution in [0.4, 0.5) is 18.9 Å². The second-order valence-corrected chi connectivity index (χ2v) is 6.85. The molecule has 4 nitrogen and oxygen atoms in total. The molecule has 8 heteroatoms. The quantitative estimate of drug-likeness (QED) is 0.875. The lowest BCUT2D eigenvalue weighted by Gasteiger charge is -2.21. The summed E-state index contributed by atoms with van der Waals surface area (Å²) in [5.41, 5.74) is 2.40. The number of alkyl halides is 3. The third-order valence-corrected chi connectivity index (χ3v) is 4.64. The fourth-order valence-electron chi connectivity index (χ4n) is 2.31. The highest BCUT2D eigenvalue weighted by Gasteiger charge is 2.27. The largest absolute Gasteiger partial charge is 0.389 e. The Balaban J connectivity index is 2.03. The first kappa shape index (κ1) is 16.1. The molecule has 1 aliphatic heterocycles. The van der Waals surface area contributed by atoms with Crippen molar-refractivity contribution in [1.82, 2.24) is 5.32 Å². The normalized spacial score (nSPS) is 15.6. The maximum Gasteiger partial charge on any atom is 0.389 e. The number of rotatable bonds is 5. The summed E-state index contributed by atoms with van der Waals surface area (Å²) in [6, 6.07) is 5.29. The van der Waals surface area contributed by atoms with Crippen molar-refractivity contribution in [3.63, 3.8) is 0 Å². The maximum absolute atomic E-state index is 12.1. The smallest absolute Gasteiger partial charge is 0.312 e. The zero-order valence-electron chi connectivity index (χ0n) is 11.3. The van der Waals surface area contributed by atoms with Gasteiger partial charge in [0.15, 0.2) is 0 Å². The minimum absolute atomic E-state index is 0.435. The minimum Gasteiger partial charge on any atom is -0.312 e. The number of nitrogens with one attached hydrogen (secondary N) is 2. The molecule has 0 saturated heterocycles. The second-order valence-electron chi connectivity index (χ2n) is 5.01. The highest BCUT2D eigenvalue weighted by molar-refractivity contribution is 7.92. The number of fused-ring (bicyclic) bond motifs is 1. The third kappa shape index (κ3) is 4.89. The minimum atomic E-state index is -4.33. The first-order valence-electron chi connectivity index (χ1n) is 6.65. The number of sulfonamides is 1. The molecular formula is C13H17F3N2O2S. The van der Waals surface area contributed by atoms with Gasteiger partial charge in [-0.2, -0.15) is 13.2 Å². The van der Waals surface area contributed by atoms with Gasteiger partial charge in [0.2, 0.25) is 10.0 Å². The van der Waals surface area contributed by atoms with Gasteiger partial charge in [-0.3, -0.25) is 4.72 Å². The summed E-state index contributed by atoms with van der Waals surface area (Å²) < 4.78 is 62.3. The molecular weight excluding hydrogens is 305 g/mol. The molecule has 0 aromatic heterocycles. The molecule has 1 aromatic rings. The summed E-state index contributed by atoms with van der Waals surface area (Å²) >= 11 is 0. The van der Waals surface area contributed by atoms with Crippen LogP contribution in [0, 0.1) is 0 Å². The van der Waals surface area contributed by atoms with Gasteiger partial charge in [-0.15, -0.1) is 0 Å². The van der Waals surface area contributed by atoms with Crippen LogP contribution in [-0.2, 0) is 23.0 Å². The van der Waals surface area contributed by atoms with Gasteiger partial charge in [0.05, 0.1) is 11.4 Å². The van der Waals surface area contributed by atoms with Crippen LogP contribution in [0.25, 0.3) is 0 Å². The predicted molar refractivity (Wildman–Crippen MR) is 74.6 cm³/mol. The van der Waals surface area contributed by atoms with E-state index in [4.69, 9.17) is 0 Å². The standard InChI is InChI=1S/C13H17F3N2O2S/c14-13(15,16)6-2-8-21(19,20)18-12-4-1-3-10-9-17-7-5-11(10)12/h1,3-4,17-18H,2,5-9H2. The van der Waals surface area contributed by atoms with Crippen LogP contribution in [0.15, 0.2) is 18.2 Å². The van der Waals surface area contributed by atoms with Gasteiger partial charge in [0, 0.05) is 13.0 Å². The Labute approximate surface area is 121 Å². The molecule has 2 rings (SSSR count). The molecule has 0 radical (unpaired) electrons. The topological polar surface area (TPSA) is 58.2 Å². The first-order chi connectivity index (χ1) is 9.77. The molecule has 0 saturated carbocycles. The van der Waals surface area contributed by atoms with Gasteiger partial charge in [0.25, 0.3) is 0 Å². The fourth-order valence-corrected chi connectivity index (χ4v) is 3.46. The maximum atomic E-state index is 12.1. The number of hydrogen-bond donors (Lipinski definition) is 2. The van der Waals surface area contributed by atoms with Crippen molar-refractivity contribution in [2.24, 2.45) is 0 Å².